The Morgan fingerprint density at radius 3 is 2.50 bits per heavy atom. The largest absolute Gasteiger partial charge is 0.314 e. The fraction of sp³-hybridized carbons (Fsp3) is 0.571. The van der Waals surface area contributed by atoms with Gasteiger partial charge in [0, 0.05) is 32.2 Å². The van der Waals surface area contributed by atoms with Crippen molar-refractivity contribution in [2.24, 2.45) is 0 Å². The molecule has 0 radical (unpaired) electrons. The Morgan fingerprint density at radius 2 is 1.88 bits per heavy atom. The van der Waals surface area contributed by atoms with Gasteiger partial charge in [-0.15, -0.1) is 0 Å². The van der Waals surface area contributed by atoms with Gasteiger partial charge in [0.25, 0.3) is 0 Å². The molecule has 1 saturated heterocycles. The molecule has 1 fully saturated rings. The van der Waals surface area contributed by atoms with Crippen LogP contribution in [0.3, 0.4) is 0 Å². The zero-order chi connectivity index (χ0) is 11.2. The monoisotopic (exact) mass is 218 g/mol. The standard InChI is InChI=1S/C14H22N2/c1-2-14(16-10-8-15-9-11-16)12-13-6-4-3-5-7-13/h3-7,14-15H,2,8-12H2,1H3. The molecule has 16 heavy (non-hydrogen) atoms. The second-order valence-corrected chi connectivity index (χ2v) is 4.54. The zero-order valence-electron chi connectivity index (χ0n) is 10.2. The summed E-state index contributed by atoms with van der Waals surface area (Å²) in [5, 5.41) is 3.42. The Bertz CT molecular complexity index is 291. The molecule has 1 aromatic carbocycles. The summed E-state index contributed by atoms with van der Waals surface area (Å²) in [6.45, 7) is 6.99. The molecule has 2 nitrogen and oxygen atoms in total. The van der Waals surface area contributed by atoms with Crippen molar-refractivity contribution in [3.05, 3.63) is 35.9 Å². The number of hydrogen-bond acceptors (Lipinski definition) is 2. The van der Waals surface area contributed by atoms with Crippen molar-refractivity contribution >= 4 is 0 Å². The first-order valence-electron chi connectivity index (χ1n) is 6.39. The van der Waals surface area contributed by atoms with E-state index in [1.807, 2.05) is 0 Å². The van der Waals surface area contributed by atoms with E-state index in [2.05, 4.69) is 47.5 Å². The van der Waals surface area contributed by atoms with Crippen molar-refractivity contribution in [3.63, 3.8) is 0 Å². The molecule has 1 aromatic rings. The fourth-order valence-electron chi connectivity index (χ4n) is 2.47. The highest BCUT2D eigenvalue weighted by molar-refractivity contribution is 5.15. The number of hydrogen-bond donors (Lipinski definition) is 1. The van der Waals surface area contributed by atoms with Gasteiger partial charge in [-0.25, -0.2) is 0 Å². The number of rotatable bonds is 4. The average Bonchev–Trinajstić information content (AvgIpc) is 2.38. The highest BCUT2D eigenvalue weighted by atomic mass is 15.2. The van der Waals surface area contributed by atoms with Crippen LogP contribution >= 0.6 is 0 Å². The summed E-state index contributed by atoms with van der Waals surface area (Å²) in [6, 6.07) is 11.6. The van der Waals surface area contributed by atoms with Crippen LogP contribution in [-0.2, 0) is 6.42 Å². The maximum atomic E-state index is 3.42. The van der Waals surface area contributed by atoms with E-state index in [9.17, 15) is 0 Å². The second-order valence-electron chi connectivity index (χ2n) is 4.54. The van der Waals surface area contributed by atoms with Crippen LogP contribution in [0.15, 0.2) is 30.3 Å². The van der Waals surface area contributed by atoms with Crippen LogP contribution in [0.4, 0.5) is 0 Å². The van der Waals surface area contributed by atoms with Gasteiger partial charge < -0.3 is 5.32 Å². The van der Waals surface area contributed by atoms with E-state index >= 15 is 0 Å². The van der Waals surface area contributed by atoms with Crippen LogP contribution < -0.4 is 5.32 Å². The van der Waals surface area contributed by atoms with Gasteiger partial charge in [-0.2, -0.15) is 0 Å². The number of nitrogens with zero attached hydrogens (tertiary/aromatic N) is 1. The Kier molecular flexibility index (Phi) is 4.37. The Hall–Kier alpha value is -0.860. The predicted octanol–water partition coefficient (Wildman–Crippen LogP) is 1.91. The third-order valence-corrected chi connectivity index (χ3v) is 3.45. The van der Waals surface area contributed by atoms with E-state index in [0.29, 0.717) is 6.04 Å². The van der Waals surface area contributed by atoms with E-state index < -0.39 is 0 Å². The number of piperazine rings is 1. The molecule has 1 heterocycles. The summed E-state index contributed by atoms with van der Waals surface area (Å²) in [5.41, 5.74) is 1.47. The van der Waals surface area contributed by atoms with E-state index in [-0.39, 0.29) is 0 Å². The fourth-order valence-corrected chi connectivity index (χ4v) is 2.47. The molecule has 1 atom stereocenters. The maximum absolute atomic E-state index is 3.42. The Balaban J connectivity index is 1.94. The molecule has 0 aliphatic carbocycles. The molecule has 0 saturated carbocycles. The zero-order valence-corrected chi connectivity index (χ0v) is 10.2. The minimum Gasteiger partial charge on any atom is -0.314 e. The lowest BCUT2D eigenvalue weighted by Crippen LogP contribution is -2.48. The molecule has 1 aliphatic heterocycles. The van der Waals surface area contributed by atoms with Gasteiger partial charge in [0.15, 0.2) is 0 Å². The summed E-state index contributed by atoms with van der Waals surface area (Å²) >= 11 is 0. The smallest absolute Gasteiger partial charge is 0.0134 e. The second kappa shape index (κ2) is 6.02. The lowest BCUT2D eigenvalue weighted by molar-refractivity contribution is 0.167. The van der Waals surface area contributed by atoms with Crippen LogP contribution in [0, 0.1) is 0 Å². The number of nitrogens with one attached hydrogen (secondary N) is 1. The van der Waals surface area contributed by atoms with Gasteiger partial charge in [-0.3, -0.25) is 4.90 Å². The third kappa shape index (κ3) is 3.06. The molecule has 2 rings (SSSR count). The first-order valence-corrected chi connectivity index (χ1v) is 6.39. The van der Waals surface area contributed by atoms with E-state index in [0.717, 1.165) is 13.1 Å². The topological polar surface area (TPSA) is 15.3 Å². The van der Waals surface area contributed by atoms with Crippen LogP contribution in [-0.4, -0.2) is 37.1 Å². The van der Waals surface area contributed by atoms with Gasteiger partial charge in [0.1, 0.15) is 0 Å². The van der Waals surface area contributed by atoms with Crippen molar-refractivity contribution in [3.8, 4) is 0 Å². The normalized spacial score (nSPS) is 19.6. The molecule has 88 valence electrons. The van der Waals surface area contributed by atoms with E-state index in [1.54, 1.807) is 0 Å². The van der Waals surface area contributed by atoms with Crippen LogP contribution in [0.1, 0.15) is 18.9 Å². The van der Waals surface area contributed by atoms with Crippen LogP contribution in [0.5, 0.6) is 0 Å². The molecule has 1 aliphatic rings. The van der Waals surface area contributed by atoms with Crippen molar-refractivity contribution in [1.29, 1.82) is 0 Å². The minimum absolute atomic E-state index is 0.712. The molecular weight excluding hydrogens is 196 g/mol. The number of benzene rings is 1. The van der Waals surface area contributed by atoms with E-state index in [1.165, 1.54) is 31.5 Å². The van der Waals surface area contributed by atoms with Gasteiger partial charge >= 0.3 is 0 Å². The summed E-state index contributed by atoms with van der Waals surface area (Å²) in [4.78, 5) is 2.63. The molecule has 0 aromatic heterocycles. The van der Waals surface area contributed by atoms with Crippen LogP contribution in [0.25, 0.3) is 0 Å². The molecule has 1 unspecified atom stereocenters. The van der Waals surface area contributed by atoms with Crippen molar-refractivity contribution in [1.82, 2.24) is 10.2 Å². The molecule has 2 heteroatoms. The summed E-state index contributed by atoms with van der Waals surface area (Å²) < 4.78 is 0. The lowest BCUT2D eigenvalue weighted by atomic mass is 10.0. The highest BCUT2D eigenvalue weighted by Crippen LogP contribution is 2.12. The SMILES string of the molecule is CCC(Cc1ccccc1)N1CCNCC1. The Morgan fingerprint density at radius 1 is 1.19 bits per heavy atom. The van der Waals surface area contributed by atoms with Crippen LogP contribution in [0.2, 0.25) is 0 Å². The summed E-state index contributed by atoms with van der Waals surface area (Å²) in [7, 11) is 0. The Labute approximate surface area is 98.7 Å². The van der Waals surface area contributed by atoms with Gasteiger partial charge in [-0.05, 0) is 18.4 Å². The van der Waals surface area contributed by atoms with Crippen molar-refractivity contribution in [2.45, 2.75) is 25.8 Å². The molecular formula is C14H22N2. The van der Waals surface area contributed by atoms with E-state index in [4.69, 9.17) is 0 Å². The molecule has 1 N–H and O–H groups in total. The molecule has 0 bridgehead atoms. The first-order chi connectivity index (χ1) is 7.90. The van der Waals surface area contributed by atoms with Crippen molar-refractivity contribution in [2.75, 3.05) is 26.2 Å². The third-order valence-electron chi connectivity index (χ3n) is 3.45. The highest BCUT2D eigenvalue weighted by Gasteiger charge is 2.18. The minimum atomic E-state index is 0.712. The van der Waals surface area contributed by atoms with Gasteiger partial charge in [0.2, 0.25) is 0 Å². The summed E-state index contributed by atoms with van der Waals surface area (Å²) in [6.07, 6.45) is 2.44. The van der Waals surface area contributed by atoms with Gasteiger partial charge in [-0.1, -0.05) is 37.3 Å². The van der Waals surface area contributed by atoms with Gasteiger partial charge in [0.05, 0.1) is 0 Å². The first kappa shape index (κ1) is 11.6. The lowest BCUT2D eigenvalue weighted by Gasteiger charge is -2.34. The maximum Gasteiger partial charge on any atom is 0.0134 e. The molecule has 0 amide bonds. The quantitative estimate of drug-likeness (QED) is 0.830. The molecule has 0 spiro atoms. The average molecular weight is 218 g/mol. The van der Waals surface area contributed by atoms with Crippen molar-refractivity contribution < 1.29 is 0 Å². The summed E-state index contributed by atoms with van der Waals surface area (Å²) in [5.74, 6) is 0. The predicted molar refractivity (Wildman–Crippen MR) is 68.7 cm³/mol.